The zero-order chi connectivity index (χ0) is 20.8. The standard InChI is InChI=1S/C21H29BrN4O3/c1-24-11-13-25(14-12-24)9-3-2-8-23-19(27)5-4-10-26-20(28)17-7-6-16(22)15-18(17)21(26)29/h6-7,15H,2-5,8-14H2,1H3,(H,23,27). The molecule has 1 aromatic carbocycles. The van der Waals surface area contributed by atoms with E-state index in [1.165, 1.54) is 4.90 Å². The molecule has 7 nitrogen and oxygen atoms in total. The summed E-state index contributed by atoms with van der Waals surface area (Å²) >= 11 is 3.32. The smallest absolute Gasteiger partial charge is 0.261 e. The quantitative estimate of drug-likeness (QED) is 0.446. The predicted molar refractivity (Wildman–Crippen MR) is 115 cm³/mol. The predicted octanol–water partition coefficient (Wildman–Crippen LogP) is 1.97. The largest absolute Gasteiger partial charge is 0.356 e. The number of nitrogens with zero attached hydrogens (tertiary/aromatic N) is 3. The molecule has 1 N–H and O–H groups in total. The highest BCUT2D eigenvalue weighted by molar-refractivity contribution is 9.10. The van der Waals surface area contributed by atoms with Crippen molar-refractivity contribution in [2.24, 2.45) is 0 Å². The number of nitrogens with one attached hydrogen (secondary N) is 1. The van der Waals surface area contributed by atoms with Crippen LogP contribution < -0.4 is 5.32 Å². The Kier molecular flexibility index (Phi) is 7.80. The number of likely N-dealkylation sites (N-methyl/N-ethyl adjacent to an activating group) is 1. The number of hydrogen-bond donors (Lipinski definition) is 1. The van der Waals surface area contributed by atoms with Gasteiger partial charge in [-0.1, -0.05) is 15.9 Å². The Hall–Kier alpha value is -1.77. The Labute approximate surface area is 180 Å². The van der Waals surface area contributed by atoms with Gasteiger partial charge < -0.3 is 15.1 Å². The Balaban J connectivity index is 1.28. The highest BCUT2D eigenvalue weighted by atomic mass is 79.9. The molecule has 8 heteroatoms. The van der Waals surface area contributed by atoms with Crippen molar-refractivity contribution < 1.29 is 14.4 Å². The molecule has 0 aromatic heterocycles. The van der Waals surface area contributed by atoms with Gasteiger partial charge in [-0.25, -0.2) is 0 Å². The van der Waals surface area contributed by atoms with Crippen molar-refractivity contribution in [2.45, 2.75) is 25.7 Å². The average Bonchev–Trinajstić information content (AvgIpc) is 2.93. The van der Waals surface area contributed by atoms with Gasteiger partial charge in [-0.05, 0) is 51.1 Å². The molecule has 0 unspecified atom stereocenters. The van der Waals surface area contributed by atoms with E-state index in [1.807, 2.05) is 0 Å². The van der Waals surface area contributed by atoms with Gasteiger partial charge in [-0.15, -0.1) is 0 Å². The highest BCUT2D eigenvalue weighted by Gasteiger charge is 2.35. The lowest BCUT2D eigenvalue weighted by molar-refractivity contribution is -0.121. The summed E-state index contributed by atoms with van der Waals surface area (Å²) in [5, 5.41) is 2.94. The maximum atomic E-state index is 12.4. The number of hydrogen-bond acceptors (Lipinski definition) is 5. The number of unbranched alkanes of at least 4 members (excludes halogenated alkanes) is 1. The van der Waals surface area contributed by atoms with Crippen molar-refractivity contribution >= 4 is 33.7 Å². The van der Waals surface area contributed by atoms with Crippen molar-refractivity contribution in [1.29, 1.82) is 0 Å². The van der Waals surface area contributed by atoms with E-state index in [2.05, 4.69) is 38.1 Å². The van der Waals surface area contributed by atoms with Crippen molar-refractivity contribution in [3.05, 3.63) is 33.8 Å². The molecule has 2 aliphatic heterocycles. The molecule has 0 radical (unpaired) electrons. The summed E-state index contributed by atoms with van der Waals surface area (Å²) in [6.07, 6.45) is 2.83. The third-order valence-corrected chi connectivity index (χ3v) is 6.03. The van der Waals surface area contributed by atoms with Crippen LogP contribution in [0.2, 0.25) is 0 Å². The Morgan fingerprint density at radius 2 is 1.72 bits per heavy atom. The zero-order valence-corrected chi connectivity index (χ0v) is 18.5. The molecule has 3 amide bonds. The van der Waals surface area contributed by atoms with Gasteiger partial charge in [0.1, 0.15) is 0 Å². The molecule has 1 fully saturated rings. The fourth-order valence-electron chi connectivity index (χ4n) is 3.71. The SMILES string of the molecule is CN1CCN(CCCCNC(=O)CCCN2C(=O)c3ccc(Br)cc3C2=O)CC1. The monoisotopic (exact) mass is 464 g/mol. The van der Waals surface area contributed by atoms with Gasteiger partial charge in [0.25, 0.3) is 11.8 Å². The molecule has 0 saturated carbocycles. The number of piperazine rings is 1. The molecule has 0 atom stereocenters. The number of carbonyl (C=O) groups is 3. The molecule has 1 aromatic rings. The Morgan fingerprint density at radius 1 is 1.00 bits per heavy atom. The number of fused-ring (bicyclic) bond motifs is 1. The second kappa shape index (κ2) is 10.3. The number of carbonyl (C=O) groups excluding carboxylic acids is 3. The molecular weight excluding hydrogens is 436 g/mol. The molecule has 2 heterocycles. The number of amides is 3. The van der Waals surface area contributed by atoms with Gasteiger partial charge >= 0.3 is 0 Å². The zero-order valence-electron chi connectivity index (χ0n) is 17.0. The van der Waals surface area contributed by atoms with Gasteiger partial charge in [0, 0.05) is 50.2 Å². The first-order valence-electron chi connectivity index (χ1n) is 10.3. The summed E-state index contributed by atoms with van der Waals surface area (Å²) < 4.78 is 0.770. The number of imide groups is 1. The lowest BCUT2D eigenvalue weighted by Gasteiger charge is -2.32. The van der Waals surface area contributed by atoms with E-state index < -0.39 is 0 Å². The molecule has 0 aliphatic carbocycles. The molecule has 2 aliphatic rings. The first-order chi connectivity index (χ1) is 14.0. The fraction of sp³-hybridized carbons (Fsp3) is 0.571. The lowest BCUT2D eigenvalue weighted by atomic mass is 10.1. The molecule has 3 rings (SSSR count). The minimum Gasteiger partial charge on any atom is -0.356 e. The van der Waals surface area contributed by atoms with Crippen LogP contribution in [0.15, 0.2) is 22.7 Å². The van der Waals surface area contributed by atoms with Crippen LogP contribution in [0.5, 0.6) is 0 Å². The van der Waals surface area contributed by atoms with E-state index in [4.69, 9.17) is 0 Å². The van der Waals surface area contributed by atoms with Crippen LogP contribution in [0, 0.1) is 0 Å². The summed E-state index contributed by atoms with van der Waals surface area (Å²) in [5.74, 6) is -0.582. The van der Waals surface area contributed by atoms with Crippen LogP contribution in [0.1, 0.15) is 46.4 Å². The van der Waals surface area contributed by atoms with Crippen molar-refractivity contribution in [1.82, 2.24) is 20.0 Å². The van der Waals surface area contributed by atoms with Gasteiger partial charge in [-0.3, -0.25) is 19.3 Å². The third-order valence-electron chi connectivity index (χ3n) is 5.54. The minimum absolute atomic E-state index is 0.0241. The first-order valence-corrected chi connectivity index (χ1v) is 11.1. The highest BCUT2D eigenvalue weighted by Crippen LogP contribution is 2.26. The molecule has 29 heavy (non-hydrogen) atoms. The van der Waals surface area contributed by atoms with Crippen molar-refractivity contribution in [3.63, 3.8) is 0 Å². The average molecular weight is 465 g/mol. The van der Waals surface area contributed by atoms with Crippen LogP contribution in [-0.2, 0) is 4.79 Å². The number of benzene rings is 1. The van der Waals surface area contributed by atoms with Gasteiger partial charge in [-0.2, -0.15) is 0 Å². The topological polar surface area (TPSA) is 73.0 Å². The van der Waals surface area contributed by atoms with E-state index in [0.29, 0.717) is 30.5 Å². The van der Waals surface area contributed by atoms with E-state index in [-0.39, 0.29) is 24.3 Å². The van der Waals surface area contributed by atoms with E-state index in [1.54, 1.807) is 18.2 Å². The third kappa shape index (κ3) is 5.87. The van der Waals surface area contributed by atoms with Crippen LogP contribution in [-0.4, -0.2) is 85.3 Å². The lowest BCUT2D eigenvalue weighted by Crippen LogP contribution is -2.44. The van der Waals surface area contributed by atoms with Crippen molar-refractivity contribution in [3.8, 4) is 0 Å². The number of halogens is 1. The maximum Gasteiger partial charge on any atom is 0.261 e. The molecular formula is C21H29BrN4O3. The van der Waals surface area contributed by atoms with E-state index in [9.17, 15) is 14.4 Å². The molecule has 1 saturated heterocycles. The van der Waals surface area contributed by atoms with Gasteiger partial charge in [0.2, 0.25) is 5.91 Å². The first kappa shape index (κ1) is 21.9. The minimum atomic E-state index is -0.282. The van der Waals surface area contributed by atoms with E-state index >= 15 is 0 Å². The Morgan fingerprint density at radius 3 is 2.48 bits per heavy atom. The van der Waals surface area contributed by atoms with Gasteiger partial charge in [0.15, 0.2) is 0 Å². The molecule has 0 bridgehead atoms. The van der Waals surface area contributed by atoms with Crippen LogP contribution >= 0.6 is 15.9 Å². The summed E-state index contributed by atoms with van der Waals surface area (Å²) in [4.78, 5) is 42.9. The summed E-state index contributed by atoms with van der Waals surface area (Å²) in [5.41, 5.74) is 0.858. The summed E-state index contributed by atoms with van der Waals surface area (Å²) in [6.45, 7) is 6.52. The maximum absolute atomic E-state index is 12.4. The van der Waals surface area contributed by atoms with Crippen LogP contribution in [0.4, 0.5) is 0 Å². The summed E-state index contributed by atoms with van der Waals surface area (Å²) in [6, 6.07) is 5.09. The molecule has 0 spiro atoms. The fourth-order valence-corrected chi connectivity index (χ4v) is 4.07. The van der Waals surface area contributed by atoms with Gasteiger partial charge in [0.05, 0.1) is 11.1 Å². The second-order valence-electron chi connectivity index (χ2n) is 7.76. The normalized spacial score (nSPS) is 17.7. The number of rotatable bonds is 9. The second-order valence-corrected chi connectivity index (χ2v) is 8.67. The van der Waals surface area contributed by atoms with Crippen LogP contribution in [0.25, 0.3) is 0 Å². The Bertz CT molecular complexity index is 762. The molecule has 158 valence electrons. The summed E-state index contributed by atoms with van der Waals surface area (Å²) in [7, 11) is 2.15. The van der Waals surface area contributed by atoms with Crippen LogP contribution in [0.3, 0.4) is 0 Å². The van der Waals surface area contributed by atoms with E-state index in [0.717, 1.165) is 50.0 Å². The van der Waals surface area contributed by atoms with Crippen molar-refractivity contribution in [2.75, 3.05) is 52.9 Å².